The van der Waals surface area contributed by atoms with Crippen LogP contribution >= 0.6 is 23.4 Å². The maximum Gasteiger partial charge on any atom is 0.223 e. The van der Waals surface area contributed by atoms with Crippen LogP contribution in [0.1, 0.15) is 5.56 Å². The van der Waals surface area contributed by atoms with E-state index in [0.29, 0.717) is 5.75 Å². The van der Waals surface area contributed by atoms with Crippen molar-refractivity contribution in [2.45, 2.75) is 18.1 Å². The molecule has 1 aromatic heterocycles. The van der Waals surface area contributed by atoms with Gasteiger partial charge in [-0.2, -0.15) is 0 Å². The van der Waals surface area contributed by atoms with Gasteiger partial charge < -0.3 is 10.2 Å². The van der Waals surface area contributed by atoms with Gasteiger partial charge in [0, 0.05) is 11.9 Å². The predicted molar refractivity (Wildman–Crippen MR) is 55.6 cm³/mol. The highest BCUT2D eigenvalue weighted by molar-refractivity contribution is 7.99. The predicted octanol–water partition coefficient (Wildman–Crippen LogP) is 0.884. The summed E-state index contributed by atoms with van der Waals surface area (Å²) in [5.41, 5.74) is 0.907. The quantitative estimate of drug-likeness (QED) is 0.460. The minimum absolute atomic E-state index is 0.191. The van der Waals surface area contributed by atoms with E-state index in [1.165, 1.54) is 11.8 Å². The molecule has 14 heavy (non-hydrogen) atoms. The first-order valence-corrected chi connectivity index (χ1v) is 5.40. The van der Waals surface area contributed by atoms with E-state index in [1.807, 2.05) is 6.92 Å². The molecule has 2 N–H and O–H groups in total. The van der Waals surface area contributed by atoms with Crippen molar-refractivity contribution in [1.29, 1.82) is 0 Å². The van der Waals surface area contributed by atoms with Crippen LogP contribution in [0.5, 0.6) is 0 Å². The van der Waals surface area contributed by atoms with Crippen molar-refractivity contribution in [1.82, 2.24) is 9.97 Å². The van der Waals surface area contributed by atoms with Gasteiger partial charge in [-0.1, -0.05) is 0 Å². The van der Waals surface area contributed by atoms with Gasteiger partial charge in [0.05, 0.1) is 12.7 Å². The maximum atomic E-state index is 9.13. The molecule has 1 atom stereocenters. The smallest absolute Gasteiger partial charge is 0.223 e. The average Bonchev–Trinajstić information content (AvgIpc) is 2.19. The molecule has 0 aliphatic rings. The van der Waals surface area contributed by atoms with Gasteiger partial charge in [0.15, 0.2) is 0 Å². The van der Waals surface area contributed by atoms with Gasteiger partial charge in [-0.05, 0) is 24.1 Å². The van der Waals surface area contributed by atoms with Crippen LogP contribution in [0.3, 0.4) is 0 Å². The molecular formula is C8H11ClN2O2S. The van der Waals surface area contributed by atoms with Crippen molar-refractivity contribution in [3.8, 4) is 0 Å². The fourth-order valence-corrected chi connectivity index (χ4v) is 1.85. The number of rotatable bonds is 4. The van der Waals surface area contributed by atoms with E-state index in [1.54, 1.807) is 6.20 Å². The lowest BCUT2D eigenvalue weighted by molar-refractivity contribution is 0.113. The second-order valence-corrected chi connectivity index (χ2v) is 4.12. The molecule has 1 unspecified atom stereocenters. The third kappa shape index (κ3) is 3.42. The lowest BCUT2D eigenvalue weighted by Gasteiger charge is -2.07. The number of nitrogens with zero attached hydrogens (tertiary/aromatic N) is 2. The number of hydrogen-bond acceptors (Lipinski definition) is 5. The van der Waals surface area contributed by atoms with Gasteiger partial charge in [-0.3, -0.25) is 0 Å². The van der Waals surface area contributed by atoms with E-state index in [0.717, 1.165) is 10.6 Å². The summed E-state index contributed by atoms with van der Waals surface area (Å²) in [6.45, 7) is 1.62. The SMILES string of the molecule is Cc1cnc(Cl)nc1SCC(O)CO. The largest absolute Gasteiger partial charge is 0.394 e. The molecule has 0 aromatic carbocycles. The summed E-state index contributed by atoms with van der Waals surface area (Å²) in [6.07, 6.45) is 0.899. The highest BCUT2D eigenvalue weighted by atomic mass is 35.5. The zero-order valence-electron chi connectivity index (χ0n) is 7.64. The summed E-state index contributed by atoms with van der Waals surface area (Å²) in [4.78, 5) is 7.82. The van der Waals surface area contributed by atoms with Crippen molar-refractivity contribution in [3.05, 3.63) is 17.0 Å². The highest BCUT2D eigenvalue weighted by Crippen LogP contribution is 2.21. The van der Waals surface area contributed by atoms with Crippen LogP contribution in [-0.4, -0.2) is 38.6 Å². The maximum absolute atomic E-state index is 9.13. The fourth-order valence-electron chi connectivity index (χ4n) is 0.780. The van der Waals surface area contributed by atoms with Gasteiger partial charge in [-0.15, -0.1) is 11.8 Å². The number of aliphatic hydroxyl groups excluding tert-OH is 2. The molecule has 0 aliphatic carbocycles. The van der Waals surface area contributed by atoms with Gasteiger partial charge in [0.1, 0.15) is 5.03 Å². The molecule has 78 valence electrons. The molecule has 0 saturated carbocycles. The van der Waals surface area contributed by atoms with Crippen LogP contribution in [-0.2, 0) is 0 Å². The van der Waals surface area contributed by atoms with Gasteiger partial charge in [0.25, 0.3) is 0 Å². The molecule has 0 radical (unpaired) electrons. The van der Waals surface area contributed by atoms with Crippen molar-refractivity contribution in [3.63, 3.8) is 0 Å². The Bertz CT molecular complexity index is 311. The van der Waals surface area contributed by atoms with Crippen LogP contribution in [0.2, 0.25) is 5.28 Å². The van der Waals surface area contributed by atoms with Crippen molar-refractivity contribution < 1.29 is 10.2 Å². The summed E-state index contributed by atoms with van der Waals surface area (Å²) in [5.74, 6) is 0.394. The minimum Gasteiger partial charge on any atom is -0.394 e. The monoisotopic (exact) mass is 234 g/mol. The van der Waals surface area contributed by atoms with Crippen molar-refractivity contribution in [2.75, 3.05) is 12.4 Å². The zero-order valence-corrected chi connectivity index (χ0v) is 9.22. The molecular weight excluding hydrogens is 224 g/mol. The van der Waals surface area contributed by atoms with Crippen molar-refractivity contribution in [2.24, 2.45) is 0 Å². The Morgan fingerprint density at radius 1 is 1.64 bits per heavy atom. The topological polar surface area (TPSA) is 66.2 Å². The minimum atomic E-state index is -0.729. The first-order valence-electron chi connectivity index (χ1n) is 4.04. The summed E-state index contributed by atoms with van der Waals surface area (Å²) >= 11 is 6.97. The van der Waals surface area contributed by atoms with Crippen LogP contribution in [0.4, 0.5) is 0 Å². The molecule has 1 aromatic rings. The van der Waals surface area contributed by atoms with Gasteiger partial charge >= 0.3 is 0 Å². The Labute approximate surface area is 91.3 Å². The van der Waals surface area contributed by atoms with E-state index in [4.69, 9.17) is 21.8 Å². The lowest BCUT2D eigenvalue weighted by atomic mass is 10.4. The molecule has 4 nitrogen and oxygen atoms in total. The van der Waals surface area contributed by atoms with E-state index < -0.39 is 6.10 Å². The Hall–Kier alpha value is -0.360. The van der Waals surface area contributed by atoms with Crippen LogP contribution in [0.15, 0.2) is 11.2 Å². The molecule has 0 aliphatic heterocycles. The van der Waals surface area contributed by atoms with Crippen LogP contribution in [0, 0.1) is 6.92 Å². The second kappa shape index (κ2) is 5.50. The van der Waals surface area contributed by atoms with E-state index in [-0.39, 0.29) is 11.9 Å². The average molecular weight is 235 g/mol. The summed E-state index contributed by atoms with van der Waals surface area (Å²) in [6, 6.07) is 0. The Morgan fingerprint density at radius 3 is 3.00 bits per heavy atom. The van der Waals surface area contributed by atoms with Gasteiger partial charge in [0.2, 0.25) is 5.28 Å². The molecule has 0 saturated heterocycles. The first kappa shape index (κ1) is 11.7. The summed E-state index contributed by atoms with van der Waals surface area (Å²) in [5, 5.41) is 18.7. The molecule has 0 spiro atoms. The van der Waals surface area contributed by atoms with Crippen molar-refractivity contribution >= 4 is 23.4 Å². The number of aliphatic hydroxyl groups is 2. The third-order valence-corrected chi connectivity index (χ3v) is 2.94. The van der Waals surface area contributed by atoms with E-state index in [2.05, 4.69) is 9.97 Å². The highest BCUT2D eigenvalue weighted by Gasteiger charge is 2.07. The van der Waals surface area contributed by atoms with Crippen LogP contribution in [0.25, 0.3) is 0 Å². The first-order chi connectivity index (χ1) is 6.63. The normalized spacial score (nSPS) is 12.9. The summed E-state index contributed by atoms with van der Waals surface area (Å²) < 4.78 is 0. The number of thioether (sulfide) groups is 1. The molecule has 6 heteroatoms. The van der Waals surface area contributed by atoms with E-state index >= 15 is 0 Å². The Kier molecular flexibility index (Phi) is 4.60. The third-order valence-electron chi connectivity index (χ3n) is 1.52. The molecule has 1 heterocycles. The number of halogens is 1. The Morgan fingerprint density at radius 2 is 2.36 bits per heavy atom. The lowest BCUT2D eigenvalue weighted by Crippen LogP contribution is -2.14. The molecule has 0 bridgehead atoms. The van der Waals surface area contributed by atoms with E-state index in [9.17, 15) is 0 Å². The molecule has 1 rings (SSSR count). The standard InChI is InChI=1S/C8H11ClN2O2S/c1-5-2-10-8(9)11-7(5)14-4-6(13)3-12/h2,6,12-13H,3-4H2,1H3. The number of aromatic nitrogens is 2. The number of aryl methyl sites for hydroxylation is 1. The Balaban J connectivity index is 2.62. The zero-order chi connectivity index (χ0) is 10.6. The van der Waals surface area contributed by atoms with Gasteiger partial charge in [-0.25, -0.2) is 9.97 Å². The molecule has 0 amide bonds. The molecule has 0 fully saturated rings. The van der Waals surface area contributed by atoms with Crippen LogP contribution < -0.4 is 0 Å². The fraction of sp³-hybridized carbons (Fsp3) is 0.500. The summed E-state index contributed by atoms with van der Waals surface area (Å²) in [7, 11) is 0. The number of hydrogen-bond donors (Lipinski definition) is 2. The second-order valence-electron chi connectivity index (χ2n) is 2.77.